The molecule has 0 aliphatic carbocycles. The maximum Gasteiger partial charge on any atom is 0.180 e. The van der Waals surface area contributed by atoms with Crippen molar-refractivity contribution < 1.29 is 9.47 Å². The molecule has 6 heteroatoms. The molecule has 2 aromatic rings. The molecule has 140 valence electrons. The van der Waals surface area contributed by atoms with Gasteiger partial charge in [-0.3, -0.25) is 4.98 Å². The number of aromatic nitrogens is 3. The van der Waals surface area contributed by atoms with E-state index in [1.54, 1.807) is 12.4 Å². The van der Waals surface area contributed by atoms with Gasteiger partial charge in [-0.1, -0.05) is 19.4 Å². The predicted octanol–water partition coefficient (Wildman–Crippen LogP) is 4.19. The van der Waals surface area contributed by atoms with Crippen molar-refractivity contribution in [1.29, 1.82) is 0 Å². The maximum absolute atomic E-state index is 5.85. The highest BCUT2D eigenvalue weighted by Crippen LogP contribution is 2.22. The number of hydrogen-bond donors (Lipinski definition) is 1. The fourth-order valence-electron chi connectivity index (χ4n) is 2.39. The Balaban J connectivity index is 1.91. The van der Waals surface area contributed by atoms with E-state index >= 15 is 0 Å². The van der Waals surface area contributed by atoms with Crippen LogP contribution in [0.5, 0.6) is 11.5 Å². The van der Waals surface area contributed by atoms with Gasteiger partial charge in [0.25, 0.3) is 0 Å². The fourth-order valence-corrected chi connectivity index (χ4v) is 2.39. The Morgan fingerprint density at radius 1 is 1.12 bits per heavy atom. The Morgan fingerprint density at radius 2 is 1.88 bits per heavy atom. The summed E-state index contributed by atoms with van der Waals surface area (Å²) in [5.74, 6) is 2.92. The molecular weight excluding hydrogens is 328 g/mol. The van der Waals surface area contributed by atoms with Crippen LogP contribution >= 0.6 is 0 Å². The van der Waals surface area contributed by atoms with Crippen molar-refractivity contribution in [1.82, 2.24) is 15.0 Å². The lowest BCUT2D eigenvalue weighted by Crippen LogP contribution is -2.13. The van der Waals surface area contributed by atoms with Gasteiger partial charge in [0.1, 0.15) is 24.8 Å². The zero-order valence-corrected chi connectivity index (χ0v) is 16.1. The van der Waals surface area contributed by atoms with E-state index in [0.29, 0.717) is 19.0 Å². The minimum absolute atomic E-state index is 0.412. The summed E-state index contributed by atoms with van der Waals surface area (Å²) in [7, 11) is 0. The third-order valence-corrected chi connectivity index (χ3v) is 3.81. The molecule has 2 aromatic heterocycles. The molecule has 2 rings (SSSR count). The maximum atomic E-state index is 5.85. The zero-order chi connectivity index (χ0) is 18.8. The molecular formula is C20H28N4O2. The van der Waals surface area contributed by atoms with Crippen molar-refractivity contribution in [2.24, 2.45) is 0 Å². The second kappa shape index (κ2) is 10.4. The number of nitrogens with one attached hydrogen (secondary N) is 1. The Morgan fingerprint density at radius 3 is 2.62 bits per heavy atom. The quantitative estimate of drug-likeness (QED) is 0.644. The van der Waals surface area contributed by atoms with Crippen molar-refractivity contribution in [3.63, 3.8) is 0 Å². The molecule has 0 bridgehead atoms. The highest BCUT2D eigenvalue weighted by atomic mass is 16.5. The van der Waals surface area contributed by atoms with Gasteiger partial charge in [0, 0.05) is 18.3 Å². The van der Waals surface area contributed by atoms with E-state index in [1.807, 2.05) is 39.0 Å². The fraction of sp³-hybridized carbons (Fsp3) is 0.450. The van der Waals surface area contributed by atoms with Gasteiger partial charge in [0.15, 0.2) is 11.6 Å². The first-order chi connectivity index (χ1) is 12.7. The average Bonchev–Trinajstić information content (AvgIpc) is 2.63. The Labute approximate surface area is 155 Å². The molecule has 0 aromatic carbocycles. The smallest absolute Gasteiger partial charge is 0.180 e. The first kappa shape index (κ1) is 19.7. The number of hydrogen-bond acceptors (Lipinski definition) is 6. The van der Waals surface area contributed by atoms with E-state index in [1.165, 1.54) is 0 Å². The molecule has 26 heavy (non-hydrogen) atoms. The normalized spacial score (nSPS) is 10.9. The van der Waals surface area contributed by atoms with Crippen molar-refractivity contribution >= 4 is 11.9 Å². The number of anilines is 1. The number of pyridine rings is 1. The average molecular weight is 356 g/mol. The molecule has 0 unspecified atom stereocenters. The number of nitrogens with zero attached hydrogens (tertiary/aromatic N) is 3. The first-order valence-corrected chi connectivity index (χ1v) is 9.07. The third-order valence-electron chi connectivity index (χ3n) is 3.81. The van der Waals surface area contributed by atoms with Crippen molar-refractivity contribution in [2.75, 3.05) is 25.1 Å². The Kier molecular flexibility index (Phi) is 7.86. The molecule has 6 nitrogen and oxygen atoms in total. The molecule has 0 saturated heterocycles. The van der Waals surface area contributed by atoms with Gasteiger partial charge in [-0.25, -0.2) is 9.97 Å². The molecule has 0 aliphatic heterocycles. The zero-order valence-electron chi connectivity index (χ0n) is 16.1. The van der Waals surface area contributed by atoms with Crippen molar-refractivity contribution in [3.05, 3.63) is 41.6 Å². The van der Waals surface area contributed by atoms with Gasteiger partial charge in [0.05, 0.1) is 11.9 Å². The molecule has 0 saturated carbocycles. The van der Waals surface area contributed by atoms with Crippen LogP contribution in [0.15, 0.2) is 24.5 Å². The Bertz CT molecular complexity index is 732. The lowest BCUT2D eigenvalue weighted by Gasteiger charge is -2.14. The van der Waals surface area contributed by atoms with E-state index in [-0.39, 0.29) is 0 Å². The lowest BCUT2D eigenvalue weighted by molar-refractivity contribution is 0.216. The Hall–Kier alpha value is -2.63. The number of rotatable bonds is 10. The molecule has 0 fully saturated rings. The highest BCUT2D eigenvalue weighted by Gasteiger charge is 2.08. The van der Waals surface area contributed by atoms with Crippen LogP contribution in [0.2, 0.25) is 0 Å². The SMILES string of the molecule is C/C=C\c1nccc(OCCOc2cnc(C)nc2NCCCC)c1C. The number of unbranched alkanes of at least 4 members (excludes halogenated alkanes) is 1. The second-order valence-electron chi connectivity index (χ2n) is 5.93. The largest absolute Gasteiger partial charge is 0.490 e. The van der Waals surface area contributed by atoms with Gasteiger partial charge >= 0.3 is 0 Å². The van der Waals surface area contributed by atoms with Crippen LogP contribution in [0.1, 0.15) is 43.8 Å². The standard InChI is InChI=1S/C20H28N4O2/c1-5-7-10-22-20-19(14-23-16(4)24-20)26-13-12-25-18-9-11-21-17(8-6-2)15(18)3/h6,8-9,11,14H,5,7,10,12-13H2,1-4H3,(H,22,23,24)/b8-6-. The topological polar surface area (TPSA) is 69.2 Å². The molecule has 0 amide bonds. The summed E-state index contributed by atoms with van der Waals surface area (Å²) in [6.45, 7) is 9.71. The van der Waals surface area contributed by atoms with Crippen LogP contribution in [-0.2, 0) is 0 Å². The van der Waals surface area contributed by atoms with Crippen molar-refractivity contribution in [2.45, 2.75) is 40.5 Å². The second-order valence-corrected chi connectivity index (χ2v) is 5.93. The monoisotopic (exact) mass is 356 g/mol. The van der Waals surface area contributed by atoms with Crippen LogP contribution in [0, 0.1) is 13.8 Å². The van der Waals surface area contributed by atoms with Crippen LogP contribution in [0.4, 0.5) is 5.82 Å². The number of ether oxygens (including phenoxy) is 2. The van der Waals surface area contributed by atoms with Gasteiger partial charge in [-0.05, 0) is 39.3 Å². The highest BCUT2D eigenvalue weighted by molar-refractivity contribution is 5.52. The minimum atomic E-state index is 0.412. The number of aryl methyl sites for hydroxylation is 1. The molecule has 0 atom stereocenters. The van der Waals surface area contributed by atoms with Gasteiger partial charge in [0.2, 0.25) is 0 Å². The predicted molar refractivity (Wildman–Crippen MR) is 105 cm³/mol. The summed E-state index contributed by atoms with van der Waals surface area (Å²) >= 11 is 0. The van der Waals surface area contributed by atoms with Gasteiger partial charge < -0.3 is 14.8 Å². The van der Waals surface area contributed by atoms with E-state index in [2.05, 4.69) is 27.2 Å². The number of allylic oxidation sites excluding steroid dienone is 1. The van der Waals surface area contributed by atoms with Crippen LogP contribution in [-0.4, -0.2) is 34.7 Å². The molecule has 0 spiro atoms. The lowest BCUT2D eigenvalue weighted by atomic mass is 10.2. The third kappa shape index (κ3) is 5.72. The summed E-state index contributed by atoms with van der Waals surface area (Å²) in [4.78, 5) is 13.0. The summed E-state index contributed by atoms with van der Waals surface area (Å²) in [6, 6.07) is 1.87. The molecule has 0 aliphatic rings. The van der Waals surface area contributed by atoms with Gasteiger partial charge in [-0.2, -0.15) is 0 Å². The summed E-state index contributed by atoms with van der Waals surface area (Å²) in [5, 5.41) is 3.31. The summed E-state index contributed by atoms with van der Waals surface area (Å²) in [6.07, 6.45) is 9.60. The van der Waals surface area contributed by atoms with Gasteiger partial charge in [-0.15, -0.1) is 0 Å². The van der Waals surface area contributed by atoms with E-state index in [9.17, 15) is 0 Å². The molecule has 1 N–H and O–H groups in total. The molecule has 0 radical (unpaired) electrons. The van der Waals surface area contributed by atoms with E-state index < -0.39 is 0 Å². The van der Waals surface area contributed by atoms with Crippen molar-refractivity contribution in [3.8, 4) is 11.5 Å². The van der Waals surface area contributed by atoms with Crippen LogP contribution < -0.4 is 14.8 Å². The van der Waals surface area contributed by atoms with E-state index in [0.717, 1.165) is 48.0 Å². The molecule has 2 heterocycles. The minimum Gasteiger partial charge on any atom is -0.490 e. The van der Waals surface area contributed by atoms with E-state index in [4.69, 9.17) is 9.47 Å². The first-order valence-electron chi connectivity index (χ1n) is 9.07. The van der Waals surface area contributed by atoms with Crippen LogP contribution in [0.25, 0.3) is 6.08 Å². The summed E-state index contributed by atoms with van der Waals surface area (Å²) < 4.78 is 11.7. The van der Waals surface area contributed by atoms with Crippen LogP contribution in [0.3, 0.4) is 0 Å². The summed E-state index contributed by atoms with van der Waals surface area (Å²) in [5.41, 5.74) is 1.94.